The van der Waals surface area contributed by atoms with Gasteiger partial charge >= 0.3 is 0 Å². The molecule has 3 aromatic heterocycles. The zero-order valence-corrected chi connectivity index (χ0v) is 16.8. The second-order valence-electron chi connectivity index (χ2n) is 7.53. The van der Waals surface area contributed by atoms with Gasteiger partial charge in [-0.05, 0) is 31.5 Å². The summed E-state index contributed by atoms with van der Waals surface area (Å²) in [5.41, 5.74) is 5.18. The zero-order chi connectivity index (χ0) is 19.8. The van der Waals surface area contributed by atoms with Crippen molar-refractivity contribution in [3.8, 4) is 11.1 Å². The van der Waals surface area contributed by atoms with Crippen LogP contribution >= 0.6 is 0 Å². The molecule has 1 fully saturated rings. The van der Waals surface area contributed by atoms with Crippen molar-refractivity contribution in [3.05, 3.63) is 72.2 Å². The molecule has 0 saturated carbocycles. The van der Waals surface area contributed by atoms with Crippen molar-refractivity contribution in [2.75, 3.05) is 36.0 Å². The zero-order valence-electron chi connectivity index (χ0n) is 16.8. The van der Waals surface area contributed by atoms with Crippen LogP contribution in [-0.4, -0.2) is 45.8 Å². The van der Waals surface area contributed by atoms with Crippen molar-refractivity contribution in [1.29, 1.82) is 0 Å². The number of nitrogens with zero attached hydrogens (tertiary/aromatic N) is 6. The Labute approximate surface area is 170 Å². The molecule has 0 unspecified atom stereocenters. The Kier molecular flexibility index (Phi) is 4.39. The Balaban J connectivity index is 1.45. The maximum atomic E-state index is 4.79. The molecule has 0 radical (unpaired) electrons. The van der Waals surface area contributed by atoms with Crippen LogP contribution in [0.3, 0.4) is 0 Å². The summed E-state index contributed by atoms with van der Waals surface area (Å²) in [5, 5.41) is 4.69. The number of piperazine rings is 1. The number of benzene rings is 1. The summed E-state index contributed by atoms with van der Waals surface area (Å²) in [6.45, 7) is 7.82. The van der Waals surface area contributed by atoms with Gasteiger partial charge in [-0.3, -0.25) is 0 Å². The largest absolute Gasteiger partial charge is 0.353 e. The Morgan fingerprint density at radius 1 is 0.759 bits per heavy atom. The van der Waals surface area contributed by atoms with E-state index in [0.29, 0.717) is 0 Å². The quantitative estimate of drug-likeness (QED) is 0.539. The van der Waals surface area contributed by atoms with E-state index in [4.69, 9.17) is 4.98 Å². The summed E-state index contributed by atoms with van der Waals surface area (Å²) in [6, 6.07) is 18.7. The average Bonchev–Trinajstić information content (AvgIpc) is 3.18. The van der Waals surface area contributed by atoms with Crippen molar-refractivity contribution < 1.29 is 0 Å². The first-order chi connectivity index (χ1) is 14.2. The number of anilines is 2. The predicted octanol–water partition coefficient (Wildman–Crippen LogP) is 3.73. The van der Waals surface area contributed by atoms with E-state index in [9.17, 15) is 0 Å². The smallest absolute Gasteiger partial charge is 0.165 e. The van der Waals surface area contributed by atoms with Gasteiger partial charge in [-0.2, -0.15) is 9.61 Å². The fourth-order valence-electron chi connectivity index (χ4n) is 3.98. The number of hydrogen-bond donors (Lipinski definition) is 0. The lowest BCUT2D eigenvalue weighted by atomic mass is 10.1. The van der Waals surface area contributed by atoms with E-state index in [1.807, 2.05) is 41.9 Å². The molecular formula is C23H24N6. The van der Waals surface area contributed by atoms with Gasteiger partial charge < -0.3 is 9.80 Å². The highest BCUT2D eigenvalue weighted by molar-refractivity contribution is 5.78. The number of aromatic nitrogens is 4. The summed E-state index contributed by atoms with van der Waals surface area (Å²) >= 11 is 0. The molecule has 4 heterocycles. The molecule has 1 aliphatic rings. The molecule has 1 saturated heterocycles. The standard InChI is InChI=1S/C23H24N6/c1-17-7-6-10-21(25-17)27-11-13-28(14-12-27)22-15-18(2)26-23-20(16-24-29(22)23)19-8-4-3-5-9-19/h3-10,15-16H,11-14H2,1-2H3. The normalized spacial score (nSPS) is 14.6. The molecule has 0 atom stereocenters. The minimum absolute atomic E-state index is 0.911. The third-order valence-corrected chi connectivity index (χ3v) is 5.47. The highest BCUT2D eigenvalue weighted by Gasteiger charge is 2.22. The van der Waals surface area contributed by atoms with Crippen molar-refractivity contribution in [2.24, 2.45) is 0 Å². The lowest BCUT2D eigenvalue weighted by Gasteiger charge is -2.36. The molecule has 5 rings (SSSR count). The molecule has 0 bridgehead atoms. The summed E-state index contributed by atoms with van der Waals surface area (Å²) < 4.78 is 1.98. The van der Waals surface area contributed by atoms with E-state index in [1.54, 1.807) is 0 Å². The van der Waals surface area contributed by atoms with Gasteiger partial charge in [0.2, 0.25) is 0 Å². The SMILES string of the molecule is Cc1cccc(N2CCN(c3cc(C)nc4c(-c5ccccc5)cnn34)CC2)n1. The Bertz CT molecular complexity index is 1140. The van der Waals surface area contributed by atoms with Gasteiger partial charge in [-0.25, -0.2) is 9.97 Å². The van der Waals surface area contributed by atoms with Crippen LogP contribution in [0.4, 0.5) is 11.6 Å². The van der Waals surface area contributed by atoms with Crippen LogP contribution in [0.5, 0.6) is 0 Å². The van der Waals surface area contributed by atoms with Crippen molar-refractivity contribution in [3.63, 3.8) is 0 Å². The molecule has 146 valence electrons. The van der Waals surface area contributed by atoms with Crippen LogP contribution in [0.15, 0.2) is 60.8 Å². The molecule has 0 N–H and O–H groups in total. The third-order valence-electron chi connectivity index (χ3n) is 5.47. The summed E-state index contributed by atoms with van der Waals surface area (Å²) in [4.78, 5) is 14.2. The number of rotatable bonds is 3. The summed E-state index contributed by atoms with van der Waals surface area (Å²) in [6.07, 6.45) is 1.92. The Morgan fingerprint density at radius 3 is 2.28 bits per heavy atom. The monoisotopic (exact) mass is 384 g/mol. The van der Waals surface area contributed by atoms with Crippen LogP contribution in [-0.2, 0) is 0 Å². The van der Waals surface area contributed by atoms with Gasteiger partial charge in [0.1, 0.15) is 11.6 Å². The van der Waals surface area contributed by atoms with E-state index in [0.717, 1.165) is 66.0 Å². The first-order valence-corrected chi connectivity index (χ1v) is 10.0. The average molecular weight is 384 g/mol. The van der Waals surface area contributed by atoms with Crippen LogP contribution in [0.2, 0.25) is 0 Å². The van der Waals surface area contributed by atoms with Crippen LogP contribution in [0, 0.1) is 13.8 Å². The van der Waals surface area contributed by atoms with Crippen molar-refractivity contribution >= 4 is 17.3 Å². The molecule has 1 aliphatic heterocycles. The molecule has 29 heavy (non-hydrogen) atoms. The number of hydrogen-bond acceptors (Lipinski definition) is 5. The highest BCUT2D eigenvalue weighted by atomic mass is 15.4. The fourth-order valence-corrected chi connectivity index (χ4v) is 3.98. The second kappa shape index (κ2) is 7.20. The van der Waals surface area contributed by atoms with Crippen molar-refractivity contribution in [1.82, 2.24) is 19.6 Å². The van der Waals surface area contributed by atoms with E-state index in [2.05, 4.69) is 57.1 Å². The molecule has 0 amide bonds. The van der Waals surface area contributed by atoms with Gasteiger partial charge in [0, 0.05) is 49.2 Å². The van der Waals surface area contributed by atoms with Crippen LogP contribution in [0.25, 0.3) is 16.8 Å². The van der Waals surface area contributed by atoms with E-state index >= 15 is 0 Å². The maximum absolute atomic E-state index is 4.79. The van der Waals surface area contributed by atoms with Crippen LogP contribution < -0.4 is 9.80 Å². The fraction of sp³-hybridized carbons (Fsp3) is 0.261. The minimum Gasteiger partial charge on any atom is -0.353 e. The lowest BCUT2D eigenvalue weighted by molar-refractivity contribution is 0.632. The molecule has 4 aromatic rings. The number of fused-ring (bicyclic) bond motifs is 1. The lowest BCUT2D eigenvalue weighted by Crippen LogP contribution is -2.47. The summed E-state index contributed by atoms with van der Waals surface area (Å²) in [5.74, 6) is 2.16. The van der Waals surface area contributed by atoms with E-state index < -0.39 is 0 Å². The molecule has 6 heteroatoms. The molecule has 1 aromatic carbocycles. The molecule has 0 aliphatic carbocycles. The maximum Gasteiger partial charge on any atom is 0.165 e. The van der Waals surface area contributed by atoms with Gasteiger partial charge in [-0.1, -0.05) is 36.4 Å². The van der Waals surface area contributed by atoms with Gasteiger partial charge in [0.05, 0.1) is 6.20 Å². The summed E-state index contributed by atoms with van der Waals surface area (Å²) in [7, 11) is 0. The number of pyridine rings is 1. The Morgan fingerprint density at radius 2 is 1.52 bits per heavy atom. The van der Waals surface area contributed by atoms with Gasteiger partial charge in [0.25, 0.3) is 0 Å². The molecule has 6 nitrogen and oxygen atoms in total. The molecular weight excluding hydrogens is 360 g/mol. The highest BCUT2D eigenvalue weighted by Crippen LogP contribution is 2.27. The first-order valence-electron chi connectivity index (χ1n) is 10.0. The number of aryl methyl sites for hydroxylation is 2. The molecule has 0 spiro atoms. The third kappa shape index (κ3) is 3.31. The first kappa shape index (κ1) is 17.7. The van der Waals surface area contributed by atoms with Gasteiger partial charge in [0.15, 0.2) is 5.65 Å². The Hall–Kier alpha value is -3.41. The van der Waals surface area contributed by atoms with Crippen molar-refractivity contribution in [2.45, 2.75) is 13.8 Å². The minimum atomic E-state index is 0.911. The van der Waals surface area contributed by atoms with E-state index in [1.165, 1.54) is 0 Å². The topological polar surface area (TPSA) is 49.6 Å². The predicted molar refractivity (Wildman–Crippen MR) is 117 cm³/mol. The van der Waals surface area contributed by atoms with Crippen LogP contribution in [0.1, 0.15) is 11.4 Å². The van der Waals surface area contributed by atoms with Gasteiger partial charge in [-0.15, -0.1) is 0 Å². The second-order valence-corrected chi connectivity index (χ2v) is 7.53. The van der Waals surface area contributed by atoms with E-state index in [-0.39, 0.29) is 0 Å².